The Labute approximate surface area is 141 Å². The number of unbranched alkanes of at least 4 members (excludes halogenated alkanes) is 3. The molecule has 3 heteroatoms. The normalized spacial score (nSPS) is 16.4. The first-order valence-electron chi connectivity index (χ1n) is 9.07. The molecule has 0 bridgehead atoms. The number of ether oxygens (including phenoxy) is 1. The van der Waals surface area contributed by atoms with Gasteiger partial charge in [-0.2, -0.15) is 5.26 Å². The number of rotatable bonds is 10. The summed E-state index contributed by atoms with van der Waals surface area (Å²) >= 11 is 0. The Hall–Kier alpha value is -1.56. The average molecular weight is 317 g/mol. The summed E-state index contributed by atoms with van der Waals surface area (Å²) in [4.78, 5) is 11.1. The van der Waals surface area contributed by atoms with Gasteiger partial charge < -0.3 is 4.74 Å². The van der Waals surface area contributed by atoms with Crippen molar-refractivity contribution in [3.8, 4) is 6.07 Å². The van der Waals surface area contributed by atoms with Gasteiger partial charge in [0.2, 0.25) is 0 Å². The highest BCUT2D eigenvalue weighted by Crippen LogP contribution is 2.27. The smallest absolute Gasteiger partial charge is 0.305 e. The molecule has 3 nitrogen and oxygen atoms in total. The molecule has 1 aliphatic rings. The van der Waals surface area contributed by atoms with Crippen LogP contribution in [0.15, 0.2) is 23.8 Å². The van der Waals surface area contributed by atoms with Crippen LogP contribution in [0.4, 0.5) is 0 Å². The fourth-order valence-electron chi connectivity index (χ4n) is 3.06. The minimum atomic E-state index is -0.132. The predicted molar refractivity (Wildman–Crippen MR) is 93.7 cm³/mol. The van der Waals surface area contributed by atoms with Crippen LogP contribution in [-0.4, -0.2) is 13.1 Å². The molecule has 0 aliphatic heterocycles. The topological polar surface area (TPSA) is 50.1 Å². The summed E-state index contributed by atoms with van der Waals surface area (Å²) < 4.78 is 4.65. The van der Waals surface area contributed by atoms with Gasteiger partial charge in [-0.05, 0) is 50.9 Å². The second-order valence-corrected chi connectivity index (χ2v) is 6.38. The predicted octanol–water partition coefficient (Wildman–Crippen LogP) is 5.48. The van der Waals surface area contributed by atoms with Crippen molar-refractivity contribution in [2.24, 2.45) is 5.92 Å². The molecular weight excluding hydrogens is 286 g/mol. The third kappa shape index (κ3) is 9.94. The molecule has 1 aliphatic carbocycles. The van der Waals surface area contributed by atoms with Gasteiger partial charge in [0.25, 0.3) is 0 Å². The van der Waals surface area contributed by atoms with E-state index >= 15 is 0 Å². The second-order valence-electron chi connectivity index (χ2n) is 6.38. The van der Waals surface area contributed by atoms with E-state index in [1.54, 1.807) is 0 Å². The fourth-order valence-corrected chi connectivity index (χ4v) is 3.06. The van der Waals surface area contributed by atoms with Crippen LogP contribution in [0, 0.1) is 17.2 Å². The summed E-state index contributed by atoms with van der Waals surface area (Å²) in [6.07, 6.45) is 19.6. The van der Waals surface area contributed by atoms with Gasteiger partial charge in [0.05, 0.1) is 13.2 Å². The summed E-state index contributed by atoms with van der Waals surface area (Å²) in [7, 11) is 1.43. The summed E-state index contributed by atoms with van der Waals surface area (Å²) in [5.41, 5.74) is 1.41. The first kappa shape index (κ1) is 19.5. The highest BCUT2D eigenvalue weighted by molar-refractivity contribution is 5.69. The van der Waals surface area contributed by atoms with E-state index in [0.717, 1.165) is 38.0 Å². The highest BCUT2D eigenvalue weighted by Gasteiger charge is 2.11. The number of hydrogen-bond acceptors (Lipinski definition) is 3. The number of nitriles is 1. The summed E-state index contributed by atoms with van der Waals surface area (Å²) in [6, 6.07) is 2.22. The van der Waals surface area contributed by atoms with Gasteiger partial charge in [0.15, 0.2) is 0 Å². The Morgan fingerprint density at radius 1 is 1.17 bits per heavy atom. The van der Waals surface area contributed by atoms with Gasteiger partial charge in [0, 0.05) is 12.8 Å². The Morgan fingerprint density at radius 3 is 2.65 bits per heavy atom. The first-order chi connectivity index (χ1) is 11.3. The molecule has 1 rings (SSSR count). The van der Waals surface area contributed by atoms with Crippen LogP contribution in [0.2, 0.25) is 0 Å². The van der Waals surface area contributed by atoms with Crippen LogP contribution in [0.25, 0.3) is 0 Å². The van der Waals surface area contributed by atoms with Crippen LogP contribution in [0.5, 0.6) is 0 Å². The summed E-state index contributed by atoms with van der Waals surface area (Å²) in [5.74, 6) is 0.599. The molecule has 0 atom stereocenters. The molecule has 0 radical (unpaired) electrons. The van der Waals surface area contributed by atoms with E-state index in [4.69, 9.17) is 5.26 Å². The molecule has 0 spiro atoms. The third-order valence-electron chi connectivity index (χ3n) is 4.41. The van der Waals surface area contributed by atoms with Crippen LogP contribution >= 0.6 is 0 Å². The SMILES string of the molecule is COC(=O)CCC/C=C/C(=C/C1CCCCC1)CCCCC#N. The Balaban J connectivity index is 2.43. The lowest BCUT2D eigenvalue weighted by Gasteiger charge is -2.19. The van der Waals surface area contributed by atoms with Crippen LogP contribution in [0.3, 0.4) is 0 Å². The number of esters is 1. The van der Waals surface area contributed by atoms with Gasteiger partial charge in [-0.3, -0.25) is 4.79 Å². The zero-order chi connectivity index (χ0) is 16.8. The zero-order valence-electron chi connectivity index (χ0n) is 14.6. The lowest BCUT2D eigenvalue weighted by molar-refractivity contribution is -0.140. The lowest BCUT2D eigenvalue weighted by Crippen LogP contribution is -2.03. The fraction of sp³-hybridized carbons (Fsp3) is 0.700. The number of methoxy groups -OCH3 is 1. The van der Waals surface area contributed by atoms with Gasteiger partial charge >= 0.3 is 5.97 Å². The molecule has 128 valence electrons. The standard InChI is InChI=1S/C20H31NO2/c1-23-20(22)15-9-3-7-13-19(14-8-4-10-16-21)17-18-11-5-2-6-12-18/h7,13,17-18H,2-6,8-12,14-15H2,1H3/b13-7+,19-17-. The molecule has 0 aromatic heterocycles. The van der Waals surface area contributed by atoms with Gasteiger partial charge in [-0.25, -0.2) is 0 Å². The maximum absolute atomic E-state index is 11.1. The number of nitrogens with zero attached hydrogens (tertiary/aromatic N) is 1. The molecule has 23 heavy (non-hydrogen) atoms. The monoisotopic (exact) mass is 317 g/mol. The maximum atomic E-state index is 11.1. The van der Waals surface area contributed by atoms with E-state index < -0.39 is 0 Å². The minimum absolute atomic E-state index is 0.132. The molecule has 0 N–H and O–H groups in total. The minimum Gasteiger partial charge on any atom is -0.469 e. The molecular formula is C20H31NO2. The van der Waals surface area contributed by atoms with Crippen molar-refractivity contribution in [1.82, 2.24) is 0 Å². The van der Waals surface area contributed by atoms with Crippen molar-refractivity contribution < 1.29 is 9.53 Å². The molecule has 0 heterocycles. The maximum Gasteiger partial charge on any atom is 0.305 e. The molecule has 0 unspecified atom stereocenters. The van der Waals surface area contributed by atoms with Crippen LogP contribution in [-0.2, 0) is 9.53 Å². The molecule has 1 saturated carbocycles. The lowest BCUT2D eigenvalue weighted by atomic mass is 9.87. The van der Waals surface area contributed by atoms with E-state index in [0.29, 0.717) is 12.8 Å². The first-order valence-corrected chi connectivity index (χ1v) is 9.07. The van der Waals surface area contributed by atoms with Crippen molar-refractivity contribution in [2.45, 2.75) is 77.0 Å². The van der Waals surface area contributed by atoms with E-state index in [9.17, 15) is 4.79 Å². The van der Waals surface area contributed by atoms with Gasteiger partial charge in [-0.15, -0.1) is 0 Å². The molecule has 1 fully saturated rings. The molecule has 0 saturated heterocycles. The molecule has 0 aromatic carbocycles. The highest BCUT2D eigenvalue weighted by atomic mass is 16.5. The largest absolute Gasteiger partial charge is 0.469 e. The molecule has 0 amide bonds. The number of carbonyl (C=O) groups is 1. The number of carbonyl (C=O) groups excluding carboxylic acids is 1. The summed E-state index contributed by atoms with van der Waals surface area (Å²) in [5, 5.41) is 8.64. The van der Waals surface area contributed by atoms with Crippen molar-refractivity contribution in [3.05, 3.63) is 23.8 Å². The van der Waals surface area contributed by atoms with E-state index in [1.165, 1.54) is 44.8 Å². The van der Waals surface area contributed by atoms with E-state index in [2.05, 4.69) is 29.0 Å². The van der Waals surface area contributed by atoms with Crippen molar-refractivity contribution in [1.29, 1.82) is 5.26 Å². The Kier molecular flexibility index (Phi) is 11.0. The van der Waals surface area contributed by atoms with E-state index in [1.807, 2.05) is 0 Å². The van der Waals surface area contributed by atoms with Crippen molar-refractivity contribution in [3.63, 3.8) is 0 Å². The van der Waals surface area contributed by atoms with Crippen molar-refractivity contribution in [2.75, 3.05) is 7.11 Å². The number of hydrogen-bond donors (Lipinski definition) is 0. The zero-order valence-corrected chi connectivity index (χ0v) is 14.6. The quantitative estimate of drug-likeness (QED) is 0.305. The van der Waals surface area contributed by atoms with E-state index in [-0.39, 0.29) is 5.97 Å². The van der Waals surface area contributed by atoms with Crippen LogP contribution < -0.4 is 0 Å². The van der Waals surface area contributed by atoms with Gasteiger partial charge in [-0.1, -0.05) is 43.1 Å². The number of allylic oxidation sites excluding steroid dienone is 4. The van der Waals surface area contributed by atoms with Crippen molar-refractivity contribution >= 4 is 5.97 Å². The second kappa shape index (κ2) is 12.9. The Morgan fingerprint density at radius 2 is 1.96 bits per heavy atom. The molecule has 0 aromatic rings. The Bertz CT molecular complexity index is 425. The van der Waals surface area contributed by atoms with Crippen LogP contribution in [0.1, 0.15) is 77.0 Å². The summed E-state index contributed by atoms with van der Waals surface area (Å²) in [6.45, 7) is 0. The van der Waals surface area contributed by atoms with Gasteiger partial charge in [0.1, 0.15) is 0 Å². The average Bonchev–Trinajstić information content (AvgIpc) is 2.58. The third-order valence-corrected chi connectivity index (χ3v) is 4.41.